The summed E-state index contributed by atoms with van der Waals surface area (Å²) in [6, 6.07) is 0. The summed E-state index contributed by atoms with van der Waals surface area (Å²) < 4.78 is 3.17. The fourth-order valence-electron chi connectivity index (χ4n) is 1.36. The molecule has 0 fully saturated rings. The molecule has 70 valence electrons. The van der Waals surface area contributed by atoms with Crippen molar-refractivity contribution in [1.82, 2.24) is 0 Å². The van der Waals surface area contributed by atoms with Crippen LogP contribution in [0.3, 0.4) is 0 Å². The summed E-state index contributed by atoms with van der Waals surface area (Å²) >= 11 is 10.3. The average Bonchev–Trinajstić information content (AvgIpc) is 2.56. The molecule has 3 rings (SSSR count). The molecule has 0 nitrogen and oxygen atoms in total. The van der Waals surface area contributed by atoms with Crippen LogP contribution in [0.15, 0.2) is 18.2 Å². The molecule has 0 unspecified atom stereocenters. The smallest absolute Gasteiger partial charge is 0.0758 e. The maximum Gasteiger partial charge on any atom is 0.0758 e. The predicted octanol–water partition coefficient (Wildman–Crippen LogP) is 4.14. The first-order chi connectivity index (χ1) is 6.45. The third-order valence-electron chi connectivity index (χ3n) is 1.89. The zero-order chi connectivity index (χ0) is 8.67. The summed E-state index contributed by atoms with van der Waals surface area (Å²) in [4.78, 5) is 3.21. The maximum atomic E-state index is 2.07. The van der Waals surface area contributed by atoms with Crippen LogP contribution in [0.25, 0.3) is 0 Å². The normalized spacial score (nSPS) is 20.9. The molecule has 0 radical (unpaired) electrons. The van der Waals surface area contributed by atoms with E-state index in [4.69, 9.17) is 0 Å². The lowest BCUT2D eigenvalue weighted by molar-refractivity contribution is 1.15. The summed E-state index contributed by atoms with van der Waals surface area (Å²) in [5.41, 5.74) is 0. The van der Waals surface area contributed by atoms with E-state index in [1.54, 1.807) is 18.2 Å². The number of fused-ring (bicyclic) bond motifs is 3. The van der Waals surface area contributed by atoms with Crippen molar-refractivity contribution in [3.05, 3.63) is 0 Å². The van der Waals surface area contributed by atoms with Gasteiger partial charge < -0.3 is 0 Å². The minimum absolute atomic E-state index is 1.30. The van der Waals surface area contributed by atoms with Gasteiger partial charge in [0.2, 0.25) is 0 Å². The van der Waals surface area contributed by atoms with Gasteiger partial charge in [0.05, 0.1) is 8.42 Å². The van der Waals surface area contributed by atoms with Crippen LogP contribution in [-0.2, 0) is 0 Å². The molecule has 3 heterocycles. The van der Waals surface area contributed by atoms with Gasteiger partial charge in [0.1, 0.15) is 0 Å². The lowest BCUT2D eigenvalue weighted by atomic mass is 10.6. The average molecular weight is 264 g/mol. The molecule has 0 saturated carbocycles. The third kappa shape index (κ3) is 1.67. The van der Waals surface area contributed by atoms with Crippen LogP contribution in [0.2, 0.25) is 0 Å². The molecule has 2 aliphatic rings. The summed E-state index contributed by atoms with van der Waals surface area (Å²) in [7, 11) is 0. The molecule has 0 aromatic carbocycles. The Morgan fingerprint density at radius 3 is 1.62 bits per heavy atom. The van der Waals surface area contributed by atoms with Crippen molar-refractivity contribution < 1.29 is 0 Å². The minimum atomic E-state index is 1.30. The van der Waals surface area contributed by atoms with E-state index in [0.29, 0.717) is 0 Å². The van der Waals surface area contributed by atoms with Crippen LogP contribution in [0.4, 0.5) is 0 Å². The van der Waals surface area contributed by atoms with Crippen LogP contribution >= 0.6 is 58.4 Å². The van der Waals surface area contributed by atoms with Gasteiger partial charge in [0, 0.05) is 32.8 Å². The van der Waals surface area contributed by atoms with Crippen LogP contribution in [0.1, 0.15) is 0 Å². The second-order valence-corrected chi connectivity index (χ2v) is 8.69. The number of rotatable bonds is 0. The topological polar surface area (TPSA) is 0 Å². The standard InChI is InChI=1S/C8H8S5/c1-3-11-7-5(9-1)6-8(13-7)12-4-2-10-6/h1-4H2. The summed E-state index contributed by atoms with van der Waals surface area (Å²) in [6.07, 6.45) is 0. The molecule has 2 aliphatic heterocycles. The molecule has 0 aliphatic carbocycles. The first kappa shape index (κ1) is 9.33. The Kier molecular flexibility index (Phi) is 2.82. The van der Waals surface area contributed by atoms with Gasteiger partial charge in [0.25, 0.3) is 0 Å². The lowest BCUT2D eigenvalue weighted by Crippen LogP contribution is -1.93. The van der Waals surface area contributed by atoms with Crippen molar-refractivity contribution in [3.8, 4) is 0 Å². The van der Waals surface area contributed by atoms with Gasteiger partial charge in [-0.25, -0.2) is 0 Å². The van der Waals surface area contributed by atoms with Crippen molar-refractivity contribution in [2.45, 2.75) is 18.2 Å². The number of thioether (sulfide) groups is 4. The Hall–Kier alpha value is 1.10. The van der Waals surface area contributed by atoms with Gasteiger partial charge in [0.15, 0.2) is 0 Å². The second-order valence-electron chi connectivity index (χ2n) is 2.73. The second kappa shape index (κ2) is 3.93. The Morgan fingerprint density at radius 2 is 1.08 bits per heavy atom. The Labute approximate surface area is 99.0 Å². The molecular weight excluding hydrogens is 256 g/mol. The highest BCUT2D eigenvalue weighted by Crippen LogP contribution is 2.54. The van der Waals surface area contributed by atoms with Gasteiger partial charge >= 0.3 is 0 Å². The van der Waals surface area contributed by atoms with Crippen LogP contribution in [-0.4, -0.2) is 23.0 Å². The molecular formula is C8H8S5. The van der Waals surface area contributed by atoms with Crippen molar-refractivity contribution in [2.24, 2.45) is 0 Å². The Morgan fingerprint density at radius 1 is 0.615 bits per heavy atom. The highest BCUT2D eigenvalue weighted by Gasteiger charge is 2.24. The largest absolute Gasteiger partial charge is 0.122 e. The van der Waals surface area contributed by atoms with E-state index < -0.39 is 0 Å². The quantitative estimate of drug-likeness (QED) is 0.690. The SMILES string of the molecule is C1CSc2c(sc3c2SCCS3)S1. The zero-order valence-corrected chi connectivity index (χ0v) is 11.0. The van der Waals surface area contributed by atoms with E-state index in [-0.39, 0.29) is 0 Å². The van der Waals surface area contributed by atoms with E-state index in [9.17, 15) is 0 Å². The van der Waals surface area contributed by atoms with Crippen LogP contribution in [0, 0.1) is 0 Å². The molecule has 1 aromatic heterocycles. The molecule has 13 heavy (non-hydrogen) atoms. The van der Waals surface area contributed by atoms with E-state index in [2.05, 4.69) is 47.0 Å². The molecule has 0 spiro atoms. The van der Waals surface area contributed by atoms with Crippen LogP contribution in [0.5, 0.6) is 0 Å². The fourth-order valence-corrected chi connectivity index (χ4v) is 8.75. The van der Waals surface area contributed by atoms with Gasteiger partial charge in [-0.2, -0.15) is 0 Å². The van der Waals surface area contributed by atoms with E-state index in [1.807, 2.05) is 11.3 Å². The molecule has 0 atom stereocenters. The Bertz CT molecular complexity index is 299. The lowest BCUT2D eigenvalue weighted by Gasteiger charge is -2.13. The zero-order valence-electron chi connectivity index (χ0n) is 6.87. The summed E-state index contributed by atoms with van der Waals surface area (Å²) in [6.45, 7) is 0. The van der Waals surface area contributed by atoms with Gasteiger partial charge in [-0.05, 0) is 0 Å². The van der Waals surface area contributed by atoms with Crippen molar-refractivity contribution >= 4 is 58.4 Å². The van der Waals surface area contributed by atoms with E-state index in [1.165, 1.54) is 23.0 Å². The van der Waals surface area contributed by atoms with Crippen molar-refractivity contribution in [3.63, 3.8) is 0 Å². The predicted molar refractivity (Wildman–Crippen MR) is 67.2 cm³/mol. The highest BCUT2D eigenvalue weighted by atomic mass is 32.2. The molecule has 1 aromatic rings. The fraction of sp³-hybridized carbons (Fsp3) is 0.500. The molecule has 0 amide bonds. The molecule has 0 saturated heterocycles. The highest BCUT2D eigenvalue weighted by molar-refractivity contribution is 8.10. The third-order valence-corrected chi connectivity index (χ3v) is 9.00. The minimum Gasteiger partial charge on any atom is -0.122 e. The monoisotopic (exact) mass is 264 g/mol. The van der Waals surface area contributed by atoms with Gasteiger partial charge in [-0.15, -0.1) is 58.4 Å². The van der Waals surface area contributed by atoms with Gasteiger partial charge in [-0.1, -0.05) is 0 Å². The summed E-state index contributed by atoms with van der Waals surface area (Å²) in [5, 5.41) is 0. The van der Waals surface area contributed by atoms with Crippen molar-refractivity contribution in [1.29, 1.82) is 0 Å². The maximum absolute atomic E-state index is 2.07. The number of hydrogen-bond donors (Lipinski definition) is 0. The number of thiophene rings is 1. The molecule has 5 heteroatoms. The van der Waals surface area contributed by atoms with E-state index >= 15 is 0 Å². The van der Waals surface area contributed by atoms with E-state index in [0.717, 1.165) is 0 Å². The van der Waals surface area contributed by atoms with Crippen molar-refractivity contribution in [2.75, 3.05) is 23.0 Å². The first-order valence-electron chi connectivity index (χ1n) is 4.13. The van der Waals surface area contributed by atoms with Gasteiger partial charge in [-0.3, -0.25) is 0 Å². The Balaban J connectivity index is 2.09. The summed E-state index contributed by atoms with van der Waals surface area (Å²) in [5.74, 6) is 5.19. The molecule has 0 bridgehead atoms. The first-order valence-corrected chi connectivity index (χ1v) is 8.89. The van der Waals surface area contributed by atoms with Crippen LogP contribution < -0.4 is 0 Å². The molecule has 0 N–H and O–H groups in total. The number of hydrogen-bond acceptors (Lipinski definition) is 5.